The lowest BCUT2D eigenvalue weighted by atomic mass is 9.97. The molecule has 0 saturated carbocycles. The Bertz CT molecular complexity index is 583. The molecule has 4 heteroatoms. The molecule has 94 valence electrons. The van der Waals surface area contributed by atoms with Crippen molar-refractivity contribution < 1.29 is 9.53 Å². The summed E-state index contributed by atoms with van der Waals surface area (Å²) in [6.45, 7) is 1.92. The maximum absolute atomic E-state index is 11.7. The highest BCUT2D eigenvalue weighted by Crippen LogP contribution is 2.29. The van der Waals surface area contributed by atoms with Gasteiger partial charge in [-0.25, -0.2) is 4.98 Å². The predicted molar refractivity (Wildman–Crippen MR) is 71.8 cm³/mol. The van der Waals surface area contributed by atoms with Gasteiger partial charge in [0, 0.05) is 10.9 Å². The van der Waals surface area contributed by atoms with Gasteiger partial charge in [0.1, 0.15) is 5.15 Å². The van der Waals surface area contributed by atoms with Crippen LogP contribution in [0.3, 0.4) is 0 Å². The predicted octanol–water partition coefficient (Wildman–Crippen LogP) is 3.55. The number of hydrogen-bond acceptors (Lipinski definition) is 3. The lowest BCUT2D eigenvalue weighted by Gasteiger charge is -2.14. The molecule has 0 aliphatic carbocycles. The van der Waals surface area contributed by atoms with Gasteiger partial charge < -0.3 is 4.74 Å². The summed E-state index contributed by atoms with van der Waals surface area (Å²) < 4.78 is 4.80. The van der Waals surface area contributed by atoms with Gasteiger partial charge in [0.05, 0.1) is 18.5 Å². The monoisotopic (exact) mass is 263 g/mol. The number of carbonyl (C=O) groups excluding carboxylic acids is 1. The second-order valence-electron chi connectivity index (χ2n) is 4.05. The van der Waals surface area contributed by atoms with Crippen molar-refractivity contribution in [3.8, 4) is 0 Å². The van der Waals surface area contributed by atoms with Crippen molar-refractivity contribution >= 4 is 28.5 Å². The largest absolute Gasteiger partial charge is 0.469 e. The van der Waals surface area contributed by atoms with E-state index in [-0.39, 0.29) is 11.9 Å². The molecule has 0 amide bonds. The van der Waals surface area contributed by atoms with Crippen molar-refractivity contribution in [2.75, 3.05) is 7.11 Å². The highest BCUT2D eigenvalue weighted by Gasteiger charge is 2.23. The van der Waals surface area contributed by atoms with Gasteiger partial charge >= 0.3 is 5.97 Å². The van der Waals surface area contributed by atoms with Crippen molar-refractivity contribution in [2.24, 2.45) is 0 Å². The van der Waals surface area contributed by atoms with E-state index in [1.165, 1.54) is 7.11 Å². The van der Waals surface area contributed by atoms with Gasteiger partial charge in [-0.3, -0.25) is 4.79 Å². The summed E-state index contributed by atoms with van der Waals surface area (Å²) >= 11 is 6.16. The van der Waals surface area contributed by atoms with Crippen LogP contribution in [-0.4, -0.2) is 18.1 Å². The number of benzene rings is 1. The fourth-order valence-corrected chi connectivity index (χ4v) is 2.29. The van der Waals surface area contributed by atoms with E-state index in [4.69, 9.17) is 16.3 Å². The molecule has 1 heterocycles. The molecule has 1 atom stereocenters. The van der Waals surface area contributed by atoms with Crippen molar-refractivity contribution in [3.63, 3.8) is 0 Å². The molecule has 0 saturated heterocycles. The number of hydrogen-bond donors (Lipinski definition) is 0. The minimum absolute atomic E-state index is 0.281. The zero-order valence-electron chi connectivity index (χ0n) is 10.3. The third kappa shape index (κ3) is 2.31. The molecule has 1 aromatic heterocycles. The van der Waals surface area contributed by atoms with E-state index in [1.54, 1.807) is 0 Å². The maximum Gasteiger partial charge on any atom is 0.313 e. The number of methoxy groups -OCH3 is 1. The smallest absolute Gasteiger partial charge is 0.313 e. The Balaban J connectivity index is 2.55. The first-order chi connectivity index (χ1) is 8.67. The van der Waals surface area contributed by atoms with Gasteiger partial charge in [-0.1, -0.05) is 36.7 Å². The number of rotatable bonds is 3. The molecule has 0 bridgehead atoms. The highest BCUT2D eigenvalue weighted by atomic mass is 35.5. The first kappa shape index (κ1) is 12.8. The summed E-state index contributed by atoms with van der Waals surface area (Å²) in [5.41, 5.74) is 1.55. The summed E-state index contributed by atoms with van der Waals surface area (Å²) in [6.07, 6.45) is 0.631. The number of pyridine rings is 1. The number of aromatic nitrogens is 1. The van der Waals surface area contributed by atoms with Crippen LogP contribution in [0.1, 0.15) is 24.8 Å². The van der Waals surface area contributed by atoms with E-state index in [9.17, 15) is 4.79 Å². The molecular formula is C14H14ClNO2. The number of nitrogens with zero attached hydrogens (tertiary/aromatic N) is 1. The normalized spacial score (nSPS) is 12.4. The Morgan fingerprint density at radius 3 is 2.83 bits per heavy atom. The fourth-order valence-electron chi connectivity index (χ4n) is 2.01. The average molecular weight is 264 g/mol. The van der Waals surface area contributed by atoms with Crippen molar-refractivity contribution in [2.45, 2.75) is 19.3 Å². The first-order valence-electron chi connectivity index (χ1n) is 5.80. The number of esters is 1. The van der Waals surface area contributed by atoms with E-state index >= 15 is 0 Å². The Labute approximate surface area is 111 Å². The third-order valence-corrected chi connectivity index (χ3v) is 3.28. The summed E-state index contributed by atoms with van der Waals surface area (Å²) in [6, 6.07) is 9.59. The van der Waals surface area contributed by atoms with E-state index in [0.29, 0.717) is 11.6 Å². The minimum atomic E-state index is -0.361. The van der Waals surface area contributed by atoms with Crippen LogP contribution >= 0.6 is 11.6 Å². The van der Waals surface area contributed by atoms with Crippen LogP contribution in [-0.2, 0) is 9.53 Å². The molecular weight excluding hydrogens is 250 g/mol. The molecule has 18 heavy (non-hydrogen) atoms. The van der Waals surface area contributed by atoms with Gasteiger partial charge in [0.2, 0.25) is 0 Å². The molecule has 0 N–H and O–H groups in total. The molecule has 2 aromatic rings. The third-order valence-electron chi connectivity index (χ3n) is 2.97. The standard InChI is InChI=1S/C14H14ClNO2/c1-3-10(14(17)18-2)11-8-9-6-4-5-7-12(9)16-13(11)15/h4-8,10H,3H2,1-2H3. The second-order valence-corrected chi connectivity index (χ2v) is 4.40. The Kier molecular flexibility index (Phi) is 3.82. The number of halogens is 1. The molecule has 0 aliphatic rings. The quantitative estimate of drug-likeness (QED) is 0.628. The number of carbonyl (C=O) groups is 1. The van der Waals surface area contributed by atoms with Crippen molar-refractivity contribution in [1.29, 1.82) is 0 Å². The maximum atomic E-state index is 11.7. The van der Waals surface area contributed by atoms with Crippen LogP contribution in [0.15, 0.2) is 30.3 Å². The van der Waals surface area contributed by atoms with E-state index in [2.05, 4.69) is 4.98 Å². The lowest BCUT2D eigenvalue weighted by molar-refractivity contribution is -0.142. The van der Waals surface area contributed by atoms with Gasteiger partial charge in [-0.05, 0) is 18.6 Å². The van der Waals surface area contributed by atoms with Crippen LogP contribution in [0.2, 0.25) is 5.15 Å². The van der Waals surface area contributed by atoms with Gasteiger partial charge in [-0.2, -0.15) is 0 Å². The zero-order valence-corrected chi connectivity index (χ0v) is 11.1. The van der Waals surface area contributed by atoms with Gasteiger partial charge in [0.15, 0.2) is 0 Å². The average Bonchev–Trinajstić information content (AvgIpc) is 2.39. The van der Waals surface area contributed by atoms with Gasteiger partial charge in [0.25, 0.3) is 0 Å². The molecule has 3 nitrogen and oxygen atoms in total. The topological polar surface area (TPSA) is 39.2 Å². The van der Waals surface area contributed by atoms with Crippen LogP contribution < -0.4 is 0 Å². The van der Waals surface area contributed by atoms with Crippen LogP contribution in [0, 0.1) is 0 Å². The fraction of sp³-hybridized carbons (Fsp3) is 0.286. The number of ether oxygens (including phenoxy) is 1. The Morgan fingerprint density at radius 2 is 2.17 bits per heavy atom. The van der Waals surface area contributed by atoms with Gasteiger partial charge in [-0.15, -0.1) is 0 Å². The summed E-state index contributed by atoms with van der Waals surface area (Å²) in [7, 11) is 1.38. The van der Waals surface area contributed by atoms with Crippen LogP contribution in [0.4, 0.5) is 0 Å². The minimum Gasteiger partial charge on any atom is -0.469 e. The Morgan fingerprint density at radius 1 is 1.44 bits per heavy atom. The van der Waals surface area contributed by atoms with Crippen molar-refractivity contribution in [3.05, 3.63) is 41.0 Å². The molecule has 0 fully saturated rings. The molecule has 1 unspecified atom stereocenters. The first-order valence-corrected chi connectivity index (χ1v) is 6.18. The summed E-state index contributed by atoms with van der Waals surface area (Å²) in [5.74, 6) is -0.643. The highest BCUT2D eigenvalue weighted by molar-refractivity contribution is 6.31. The Hall–Kier alpha value is -1.61. The van der Waals surface area contributed by atoms with E-state index in [0.717, 1.165) is 16.5 Å². The van der Waals surface area contributed by atoms with E-state index in [1.807, 2.05) is 37.3 Å². The number of fused-ring (bicyclic) bond motifs is 1. The molecule has 2 rings (SSSR count). The molecule has 1 aromatic carbocycles. The molecule has 0 aliphatic heterocycles. The van der Waals surface area contributed by atoms with Crippen LogP contribution in [0.5, 0.6) is 0 Å². The van der Waals surface area contributed by atoms with E-state index < -0.39 is 0 Å². The zero-order chi connectivity index (χ0) is 13.1. The SMILES string of the molecule is CCC(C(=O)OC)c1cc2ccccc2nc1Cl. The number of para-hydroxylation sites is 1. The second kappa shape index (κ2) is 5.36. The molecule has 0 spiro atoms. The molecule has 0 radical (unpaired) electrons. The summed E-state index contributed by atoms with van der Waals surface area (Å²) in [4.78, 5) is 16.0. The van der Waals surface area contributed by atoms with Crippen molar-refractivity contribution in [1.82, 2.24) is 4.98 Å². The summed E-state index contributed by atoms with van der Waals surface area (Å²) in [5, 5.41) is 1.34. The van der Waals surface area contributed by atoms with Crippen LogP contribution in [0.25, 0.3) is 10.9 Å². The lowest BCUT2D eigenvalue weighted by Crippen LogP contribution is -2.14.